The second-order valence-electron chi connectivity index (χ2n) is 2.04. The molecule has 6 heteroatoms. The Morgan fingerprint density at radius 2 is 2.25 bits per heavy atom. The maximum atomic E-state index is 8.85. The van der Waals surface area contributed by atoms with Crippen LogP contribution in [-0.2, 0) is 0 Å². The molecule has 0 saturated carbocycles. The van der Waals surface area contributed by atoms with E-state index < -0.39 is 7.12 Å². The van der Waals surface area contributed by atoms with E-state index in [1.54, 1.807) is 6.07 Å². The maximum absolute atomic E-state index is 8.85. The minimum atomic E-state index is -1.68. The highest BCUT2D eigenvalue weighted by Crippen LogP contribution is 2.06. The van der Waals surface area contributed by atoms with Gasteiger partial charge in [-0.15, -0.1) is 0 Å². The molecule has 0 radical (unpaired) electrons. The zero-order valence-electron chi connectivity index (χ0n) is 5.90. The predicted molar refractivity (Wildman–Crippen MR) is 46.5 cm³/mol. The zero-order chi connectivity index (χ0) is 9.14. The molecule has 12 heavy (non-hydrogen) atoms. The summed E-state index contributed by atoms with van der Waals surface area (Å²) in [6.45, 7) is 0. The van der Waals surface area contributed by atoms with E-state index in [1.165, 1.54) is 12.3 Å². The Morgan fingerprint density at radius 1 is 1.58 bits per heavy atom. The van der Waals surface area contributed by atoms with Gasteiger partial charge in [0, 0.05) is 16.1 Å². The molecule has 1 aromatic heterocycles. The largest absolute Gasteiger partial charge is 0.492 e. The van der Waals surface area contributed by atoms with Crippen molar-refractivity contribution in [3.63, 3.8) is 0 Å². The van der Waals surface area contributed by atoms with Gasteiger partial charge >= 0.3 is 7.12 Å². The molecule has 4 nitrogen and oxygen atoms in total. The highest BCUT2D eigenvalue weighted by Gasteiger charge is 2.20. The highest BCUT2D eigenvalue weighted by molar-refractivity contribution is 9.10. The van der Waals surface area contributed by atoms with Gasteiger partial charge in [0.05, 0.1) is 0 Å². The number of rotatable bonds is 1. The third-order valence-electron chi connectivity index (χ3n) is 1.30. The topological polar surface area (TPSA) is 77.1 Å². The fraction of sp³-hybridized carbons (Fsp3) is 0. The van der Waals surface area contributed by atoms with Crippen molar-refractivity contribution in [2.24, 2.45) is 0 Å². The van der Waals surface area contributed by atoms with Crippen LogP contribution in [0, 0.1) is 11.3 Å². The summed E-state index contributed by atoms with van der Waals surface area (Å²) in [6, 6.07) is 3.29. The summed E-state index contributed by atoms with van der Waals surface area (Å²) < 4.78 is 0.462. The lowest BCUT2D eigenvalue weighted by Gasteiger charge is -2.02. The molecule has 0 fully saturated rings. The molecule has 1 heterocycles. The Balaban J connectivity index is 3.32. The van der Waals surface area contributed by atoms with E-state index in [0.29, 0.717) is 4.47 Å². The van der Waals surface area contributed by atoms with Gasteiger partial charge in [-0.05, 0) is 6.07 Å². The number of hydrogen-bond acceptors (Lipinski definition) is 4. The minimum Gasteiger partial charge on any atom is -0.423 e. The monoisotopic (exact) mass is 226 g/mol. The average molecular weight is 227 g/mol. The smallest absolute Gasteiger partial charge is 0.423 e. The fourth-order valence-electron chi connectivity index (χ4n) is 0.784. The first kappa shape index (κ1) is 9.19. The number of halogens is 1. The summed E-state index contributed by atoms with van der Waals surface area (Å²) in [5.41, 5.74) is 0.111. The third-order valence-corrected chi connectivity index (χ3v) is 1.99. The molecular formula is C6H4BBrN2O2. The van der Waals surface area contributed by atoms with Gasteiger partial charge in [0.25, 0.3) is 0 Å². The fourth-order valence-corrected chi connectivity index (χ4v) is 1.30. The molecule has 0 aliphatic carbocycles. The van der Waals surface area contributed by atoms with Crippen molar-refractivity contribution >= 4 is 28.5 Å². The summed E-state index contributed by atoms with van der Waals surface area (Å²) in [6.07, 6.45) is 1.41. The number of nitrogens with zero attached hydrogens (tertiary/aromatic N) is 2. The standard InChI is InChI=1S/C6H4BBrN2O2/c8-4-1-2-10-5(3-9)6(4)7(11)12/h1-2,11-12H. The lowest BCUT2D eigenvalue weighted by molar-refractivity contribution is 0.425. The van der Waals surface area contributed by atoms with Crippen LogP contribution < -0.4 is 5.46 Å². The molecule has 1 aromatic rings. The minimum absolute atomic E-state index is 0.0133. The van der Waals surface area contributed by atoms with Gasteiger partial charge in [-0.2, -0.15) is 5.26 Å². The highest BCUT2D eigenvalue weighted by atomic mass is 79.9. The van der Waals surface area contributed by atoms with Gasteiger partial charge in [0.1, 0.15) is 11.8 Å². The summed E-state index contributed by atoms with van der Waals surface area (Å²) in [7, 11) is -1.68. The molecule has 0 aliphatic heterocycles. The molecule has 1 rings (SSSR count). The molecule has 0 saturated heterocycles. The number of hydrogen-bond donors (Lipinski definition) is 2. The van der Waals surface area contributed by atoms with E-state index in [9.17, 15) is 0 Å². The Labute approximate surface area is 77.8 Å². The Morgan fingerprint density at radius 3 is 2.67 bits per heavy atom. The lowest BCUT2D eigenvalue weighted by atomic mass is 9.79. The quantitative estimate of drug-likeness (QED) is 0.627. The van der Waals surface area contributed by atoms with Crippen LogP contribution in [0.5, 0.6) is 0 Å². The molecule has 60 valence electrons. The van der Waals surface area contributed by atoms with E-state index in [4.69, 9.17) is 15.3 Å². The molecule has 0 atom stereocenters. The van der Waals surface area contributed by atoms with Crippen LogP contribution in [0.25, 0.3) is 0 Å². The number of pyridine rings is 1. The van der Waals surface area contributed by atoms with E-state index in [1.807, 2.05) is 0 Å². The first-order chi connectivity index (χ1) is 5.66. The van der Waals surface area contributed by atoms with Gasteiger partial charge in [-0.3, -0.25) is 0 Å². The van der Waals surface area contributed by atoms with Gasteiger partial charge in [-0.1, -0.05) is 15.9 Å². The van der Waals surface area contributed by atoms with Gasteiger partial charge in [-0.25, -0.2) is 4.98 Å². The molecule has 2 N–H and O–H groups in total. The average Bonchev–Trinajstić information content (AvgIpc) is 2.03. The van der Waals surface area contributed by atoms with Crippen LogP contribution >= 0.6 is 15.9 Å². The normalized spacial score (nSPS) is 9.17. The summed E-state index contributed by atoms with van der Waals surface area (Å²) >= 11 is 3.08. The maximum Gasteiger partial charge on any atom is 0.492 e. The van der Waals surface area contributed by atoms with Crippen LogP contribution in [-0.4, -0.2) is 22.2 Å². The second kappa shape index (κ2) is 3.67. The van der Waals surface area contributed by atoms with Crippen LogP contribution in [0.15, 0.2) is 16.7 Å². The molecule has 0 aromatic carbocycles. The second-order valence-corrected chi connectivity index (χ2v) is 2.89. The van der Waals surface area contributed by atoms with Crippen LogP contribution in [0.1, 0.15) is 5.69 Å². The molecule has 0 spiro atoms. The van der Waals surface area contributed by atoms with Crippen molar-refractivity contribution in [3.8, 4) is 6.07 Å². The van der Waals surface area contributed by atoms with Crippen molar-refractivity contribution in [1.29, 1.82) is 5.26 Å². The van der Waals surface area contributed by atoms with Crippen LogP contribution in [0.2, 0.25) is 0 Å². The van der Waals surface area contributed by atoms with Crippen molar-refractivity contribution < 1.29 is 10.0 Å². The van der Waals surface area contributed by atoms with Gasteiger partial charge in [0.2, 0.25) is 0 Å². The lowest BCUT2D eigenvalue weighted by Crippen LogP contribution is -2.34. The summed E-state index contributed by atoms with van der Waals surface area (Å²) in [4.78, 5) is 3.67. The molecular weight excluding hydrogens is 223 g/mol. The van der Waals surface area contributed by atoms with E-state index in [2.05, 4.69) is 20.9 Å². The predicted octanol–water partition coefficient (Wildman–Crippen LogP) is -0.604. The van der Waals surface area contributed by atoms with Gasteiger partial charge < -0.3 is 10.0 Å². The van der Waals surface area contributed by atoms with E-state index in [-0.39, 0.29) is 11.2 Å². The SMILES string of the molecule is N#Cc1nccc(Br)c1B(O)O. The zero-order valence-corrected chi connectivity index (χ0v) is 7.48. The molecule has 0 aliphatic rings. The van der Waals surface area contributed by atoms with E-state index >= 15 is 0 Å². The molecule has 0 bridgehead atoms. The number of aromatic nitrogens is 1. The first-order valence-electron chi connectivity index (χ1n) is 3.07. The van der Waals surface area contributed by atoms with E-state index in [0.717, 1.165) is 0 Å². The van der Waals surface area contributed by atoms with Crippen LogP contribution in [0.4, 0.5) is 0 Å². The van der Waals surface area contributed by atoms with Crippen molar-refractivity contribution in [2.75, 3.05) is 0 Å². The Bertz CT molecular complexity index is 337. The summed E-state index contributed by atoms with van der Waals surface area (Å²) in [5.74, 6) is 0. The molecule has 0 amide bonds. The van der Waals surface area contributed by atoms with Crippen molar-refractivity contribution in [3.05, 3.63) is 22.4 Å². The Hall–Kier alpha value is -0.895. The first-order valence-corrected chi connectivity index (χ1v) is 3.86. The third kappa shape index (κ3) is 1.64. The van der Waals surface area contributed by atoms with Crippen molar-refractivity contribution in [1.82, 2.24) is 4.98 Å². The van der Waals surface area contributed by atoms with Crippen LogP contribution in [0.3, 0.4) is 0 Å². The summed E-state index contributed by atoms with van der Waals surface area (Å²) in [5, 5.41) is 26.2. The molecule has 0 unspecified atom stereocenters. The Kier molecular flexibility index (Phi) is 2.81. The van der Waals surface area contributed by atoms with Crippen molar-refractivity contribution in [2.45, 2.75) is 0 Å². The van der Waals surface area contributed by atoms with Gasteiger partial charge in [0.15, 0.2) is 0 Å². The number of nitriles is 1.